The Morgan fingerprint density at radius 3 is 2.27 bits per heavy atom. The van der Waals surface area contributed by atoms with Crippen LogP contribution < -0.4 is 0 Å². The van der Waals surface area contributed by atoms with Crippen molar-refractivity contribution in [3.8, 4) is 0 Å². The van der Waals surface area contributed by atoms with Crippen molar-refractivity contribution in [1.82, 2.24) is 19.9 Å². The lowest BCUT2D eigenvalue weighted by atomic mass is 9.85. The fourth-order valence-electron chi connectivity index (χ4n) is 6.32. The number of H-pyrrole nitrogens is 2. The van der Waals surface area contributed by atoms with Crippen LogP contribution in [0.15, 0.2) is 24.8 Å². The minimum Gasteiger partial charge on any atom is -0.481 e. The van der Waals surface area contributed by atoms with E-state index in [0.29, 0.717) is 34.6 Å². The molecule has 8 heteroatoms. The van der Waals surface area contributed by atoms with E-state index in [1.165, 1.54) is 0 Å². The Balaban J connectivity index is 1.98. The predicted octanol–water partition coefficient (Wildman–Crippen LogP) is 7.21. The predicted molar refractivity (Wildman–Crippen MR) is 163 cm³/mol. The third-order valence-corrected chi connectivity index (χ3v) is 8.76. The molecule has 0 saturated heterocycles. The smallest absolute Gasteiger partial charge is 0.338 e. The second-order valence-electron chi connectivity index (χ2n) is 11.1. The van der Waals surface area contributed by atoms with Gasteiger partial charge in [0.2, 0.25) is 0 Å². The molecule has 0 unspecified atom stereocenters. The SMILES string of the molecule is C=Cc1c(C)c2cc3nc(c(C)c4nc(cc5[nH]c(cc1[nH]2)c(C)c5CC)C(C)=C4C(=O)O)[C@H](CCC(=O)O)[C@H]3C. The van der Waals surface area contributed by atoms with Crippen LogP contribution in [0.2, 0.25) is 0 Å². The van der Waals surface area contributed by atoms with E-state index in [1.807, 2.05) is 39.0 Å². The molecular weight excluding hydrogens is 516 g/mol. The third-order valence-electron chi connectivity index (χ3n) is 8.76. The van der Waals surface area contributed by atoms with Crippen molar-refractivity contribution in [1.29, 1.82) is 0 Å². The summed E-state index contributed by atoms with van der Waals surface area (Å²) >= 11 is 0. The van der Waals surface area contributed by atoms with Crippen LogP contribution in [-0.2, 0) is 16.0 Å². The molecule has 8 bridgehead atoms. The van der Waals surface area contributed by atoms with E-state index in [1.54, 1.807) is 6.92 Å². The highest BCUT2D eigenvalue weighted by Crippen LogP contribution is 2.43. The van der Waals surface area contributed by atoms with Gasteiger partial charge in [0.25, 0.3) is 0 Å². The van der Waals surface area contributed by atoms with E-state index < -0.39 is 11.9 Å². The molecule has 3 aromatic rings. The number of allylic oxidation sites excluding steroid dienone is 1. The summed E-state index contributed by atoms with van der Waals surface area (Å²) in [5.41, 5.74) is 11.8. The summed E-state index contributed by atoms with van der Waals surface area (Å²) < 4.78 is 0. The number of carboxylic acid groups (broad SMARTS) is 2. The standard InChI is InChI=1S/C33H36N4O4/c1-8-20-15(3)23-12-25-17(5)22(10-11-29(38)39)31(36-25)19(7)32-30(33(40)41)18(6)26(37-32)14-28-21(9-2)16(4)24(35-28)13-27(20)34-23/h8,12-14,17,22,34-35H,1,9-11H2,2-7H3,(H,38,39)(H,40,41)/t17-,22-/m1/s1. The number of nitrogens with zero attached hydrogens (tertiary/aromatic N) is 2. The summed E-state index contributed by atoms with van der Waals surface area (Å²) in [4.78, 5) is 41.1. The number of aromatic amines is 2. The minimum atomic E-state index is -1.05. The quantitative estimate of drug-likeness (QED) is 0.255. The lowest BCUT2D eigenvalue weighted by molar-refractivity contribution is -0.137. The number of hydrogen-bond donors (Lipinski definition) is 4. The number of hydrogen-bond acceptors (Lipinski definition) is 4. The van der Waals surface area contributed by atoms with Crippen molar-refractivity contribution in [3.63, 3.8) is 0 Å². The van der Waals surface area contributed by atoms with Gasteiger partial charge in [0.05, 0.1) is 17.0 Å². The second-order valence-corrected chi connectivity index (χ2v) is 11.1. The molecule has 2 aliphatic heterocycles. The summed E-state index contributed by atoms with van der Waals surface area (Å²) in [5.74, 6) is -2.20. The number of carboxylic acids is 2. The minimum absolute atomic E-state index is 0.0117. The van der Waals surface area contributed by atoms with Crippen LogP contribution >= 0.6 is 0 Å². The zero-order chi connectivity index (χ0) is 29.7. The first-order valence-corrected chi connectivity index (χ1v) is 14.0. The monoisotopic (exact) mass is 552 g/mol. The molecule has 41 heavy (non-hydrogen) atoms. The molecule has 212 valence electrons. The van der Waals surface area contributed by atoms with Crippen LogP contribution in [0.4, 0.5) is 0 Å². The molecular formula is C33H36N4O4. The van der Waals surface area contributed by atoms with Gasteiger partial charge in [-0.15, -0.1) is 0 Å². The van der Waals surface area contributed by atoms with Crippen LogP contribution in [0.3, 0.4) is 0 Å². The molecule has 0 aliphatic carbocycles. The lowest BCUT2D eigenvalue weighted by Gasteiger charge is -2.16. The molecule has 5 rings (SSSR count). The van der Waals surface area contributed by atoms with Crippen LogP contribution in [0.1, 0.15) is 96.0 Å². The normalized spacial score (nSPS) is 16.7. The first-order chi connectivity index (χ1) is 19.5. The third kappa shape index (κ3) is 4.67. The van der Waals surface area contributed by atoms with E-state index in [2.05, 4.69) is 36.5 Å². The van der Waals surface area contributed by atoms with Crippen molar-refractivity contribution in [2.75, 3.05) is 0 Å². The van der Waals surface area contributed by atoms with E-state index >= 15 is 0 Å². The fraction of sp³-hybridized carbons (Fsp3) is 0.333. The van der Waals surface area contributed by atoms with E-state index in [9.17, 15) is 19.8 Å². The Morgan fingerprint density at radius 2 is 1.63 bits per heavy atom. The Labute approximate surface area is 238 Å². The maximum atomic E-state index is 12.5. The molecule has 0 fully saturated rings. The summed E-state index contributed by atoms with van der Waals surface area (Å²) in [6.07, 6.45) is 3.02. The van der Waals surface area contributed by atoms with Crippen molar-refractivity contribution in [3.05, 3.63) is 75.4 Å². The van der Waals surface area contributed by atoms with Crippen molar-refractivity contribution < 1.29 is 19.8 Å². The molecule has 2 aliphatic rings. The zero-order valence-electron chi connectivity index (χ0n) is 24.4. The summed E-state index contributed by atoms with van der Waals surface area (Å²) in [5, 5.41) is 19.7. The highest BCUT2D eigenvalue weighted by molar-refractivity contribution is 6.24. The van der Waals surface area contributed by atoms with Gasteiger partial charge in [-0.2, -0.15) is 0 Å². The topological polar surface area (TPSA) is 132 Å². The maximum absolute atomic E-state index is 12.5. The van der Waals surface area contributed by atoms with Gasteiger partial charge in [-0.3, -0.25) is 9.78 Å². The van der Waals surface area contributed by atoms with E-state index in [-0.39, 0.29) is 23.8 Å². The number of aromatic nitrogens is 4. The molecule has 5 heterocycles. The number of nitrogens with one attached hydrogen (secondary N) is 2. The van der Waals surface area contributed by atoms with Crippen molar-refractivity contribution >= 4 is 51.2 Å². The maximum Gasteiger partial charge on any atom is 0.338 e. The van der Waals surface area contributed by atoms with Gasteiger partial charge in [0.15, 0.2) is 0 Å². The van der Waals surface area contributed by atoms with Gasteiger partial charge >= 0.3 is 11.9 Å². The number of carbonyl (C=O) groups is 2. The molecule has 0 saturated carbocycles. The largest absolute Gasteiger partial charge is 0.481 e. The Hall–Kier alpha value is -4.46. The number of aryl methyl sites for hydroxylation is 3. The van der Waals surface area contributed by atoms with Gasteiger partial charge in [-0.1, -0.05) is 26.5 Å². The number of fused-ring (bicyclic) bond motifs is 8. The summed E-state index contributed by atoms with van der Waals surface area (Å²) in [6.45, 7) is 16.0. The first-order valence-electron chi connectivity index (χ1n) is 14.0. The van der Waals surface area contributed by atoms with Gasteiger partial charge in [0.1, 0.15) is 0 Å². The molecule has 2 atom stereocenters. The van der Waals surface area contributed by atoms with Gasteiger partial charge in [-0.25, -0.2) is 9.78 Å². The molecule has 8 nitrogen and oxygen atoms in total. The average molecular weight is 553 g/mol. The van der Waals surface area contributed by atoms with Crippen LogP contribution in [0, 0.1) is 20.8 Å². The highest BCUT2D eigenvalue weighted by atomic mass is 16.4. The lowest BCUT2D eigenvalue weighted by Crippen LogP contribution is -2.08. The summed E-state index contributed by atoms with van der Waals surface area (Å²) in [7, 11) is 0. The van der Waals surface area contributed by atoms with Gasteiger partial charge in [0, 0.05) is 57.3 Å². The van der Waals surface area contributed by atoms with Crippen LogP contribution in [0.5, 0.6) is 0 Å². The highest BCUT2D eigenvalue weighted by Gasteiger charge is 2.33. The Morgan fingerprint density at radius 1 is 0.951 bits per heavy atom. The molecule has 0 spiro atoms. The second kappa shape index (κ2) is 10.5. The van der Waals surface area contributed by atoms with Gasteiger partial charge in [-0.05, 0) is 86.6 Å². The molecule has 3 aromatic heterocycles. The van der Waals surface area contributed by atoms with E-state index in [0.717, 1.165) is 56.4 Å². The van der Waals surface area contributed by atoms with Crippen molar-refractivity contribution in [2.45, 2.75) is 72.6 Å². The zero-order valence-corrected chi connectivity index (χ0v) is 24.4. The fourth-order valence-corrected chi connectivity index (χ4v) is 6.32. The first kappa shape index (κ1) is 28.1. The van der Waals surface area contributed by atoms with Crippen molar-refractivity contribution in [2.24, 2.45) is 0 Å². The molecule has 0 aromatic carbocycles. The van der Waals surface area contributed by atoms with Crippen LogP contribution in [-0.4, -0.2) is 42.1 Å². The van der Waals surface area contributed by atoms with Crippen LogP contribution in [0.25, 0.3) is 39.3 Å². The molecule has 4 N–H and O–H groups in total. The number of aliphatic carboxylic acids is 2. The molecule has 0 amide bonds. The molecule has 0 radical (unpaired) electrons. The Bertz CT molecular complexity index is 1820. The van der Waals surface area contributed by atoms with E-state index in [4.69, 9.17) is 9.97 Å². The average Bonchev–Trinajstić information content (AvgIpc) is 3.60. The van der Waals surface area contributed by atoms with Gasteiger partial charge < -0.3 is 20.2 Å². The number of rotatable bonds is 6. The Kier molecular flexibility index (Phi) is 7.19. The summed E-state index contributed by atoms with van der Waals surface area (Å²) in [6, 6.07) is 6.04.